The van der Waals surface area contributed by atoms with Gasteiger partial charge < -0.3 is 10.1 Å². The van der Waals surface area contributed by atoms with Gasteiger partial charge in [-0.1, -0.05) is 0 Å². The highest BCUT2D eigenvalue weighted by atomic mass is 16.5. The average molecular weight is 235 g/mol. The third kappa shape index (κ3) is 4.69. The molecule has 0 spiro atoms. The van der Waals surface area contributed by atoms with E-state index in [4.69, 9.17) is 4.74 Å². The molecule has 4 nitrogen and oxygen atoms in total. The lowest BCUT2D eigenvalue weighted by Crippen LogP contribution is -2.35. The normalized spacial score (nSPS) is 15.9. The zero-order chi connectivity index (χ0) is 12.3. The van der Waals surface area contributed by atoms with E-state index < -0.39 is 0 Å². The topological polar surface area (TPSA) is 47.0 Å². The molecule has 0 radical (unpaired) electrons. The molecule has 0 atom stereocenters. The van der Waals surface area contributed by atoms with Gasteiger partial charge in [-0.3, -0.25) is 0 Å². The van der Waals surface area contributed by atoms with Crippen molar-refractivity contribution in [2.45, 2.75) is 45.7 Å². The molecule has 2 rings (SSSR count). The number of rotatable bonds is 5. The summed E-state index contributed by atoms with van der Waals surface area (Å²) in [5.74, 6) is 1.38. The van der Waals surface area contributed by atoms with Crippen LogP contribution < -0.4 is 10.1 Å². The van der Waals surface area contributed by atoms with Crippen LogP contribution in [0, 0.1) is 5.92 Å². The monoisotopic (exact) mass is 235 g/mol. The third-order valence-corrected chi connectivity index (χ3v) is 2.66. The maximum absolute atomic E-state index is 5.54. The third-order valence-electron chi connectivity index (χ3n) is 2.66. The van der Waals surface area contributed by atoms with Gasteiger partial charge in [-0.2, -0.15) is 5.10 Å². The van der Waals surface area contributed by atoms with Gasteiger partial charge in [0.2, 0.25) is 5.88 Å². The van der Waals surface area contributed by atoms with Crippen molar-refractivity contribution in [1.82, 2.24) is 15.5 Å². The highest BCUT2D eigenvalue weighted by molar-refractivity contribution is 5.11. The van der Waals surface area contributed by atoms with Gasteiger partial charge >= 0.3 is 0 Å². The zero-order valence-corrected chi connectivity index (χ0v) is 10.9. The minimum atomic E-state index is 0.100. The Hall–Kier alpha value is -1.16. The Morgan fingerprint density at radius 3 is 2.59 bits per heavy atom. The molecule has 0 aliphatic heterocycles. The lowest BCUT2D eigenvalue weighted by atomic mass is 10.1. The molecule has 0 bridgehead atoms. The van der Waals surface area contributed by atoms with Crippen molar-refractivity contribution in [3.8, 4) is 5.88 Å². The first-order valence-electron chi connectivity index (χ1n) is 6.23. The van der Waals surface area contributed by atoms with E-state index >= 15 is 0 Å². The second kappa shape index (κ2) is 5.00. The lowest BCUT2D eigenvalue weighted by Gasteiger charge is -2.19. The van der Waals surface area contributed by atoms with Crippen molar-refractivity contribution in [3.05, 3.63) is 17.8 Å². The maximum Gasteiger partial charge on any atom is 0.233 e. The van der Waals surface area contributed by atoms with E-state index in [1.807, 2.05) is 12.1 Å². The Kier molecular flexibility index (Phi) is 3.62. The summed E-state index contributed by atoms with van der Waals surface area (Å²) >= 11 is 0. The smallest absolute Gasteiger partial charge is 0.233 e. The van der Waals surface area contributed by atoms with Crippen LogP contribution in [-0.4, -0.2) is 22.3 Å². The molecule has 0 unspecified atom stereocenters. The van der Waals surface area contributed by atoms with E-state index in [9.17, 15) is 0 Å². The van der Waals surface area contributed by atoms with Crippen molar-refractivity contribution in [3.63, 3.8) is 0 Å². The predicted molar refractivity (Wildman–Crippen MR) is 66.8 cm³/mol. The summed E-state index contributed by atoms with van der Waals surface area (Å²) in [5, 5.41) is 11.6. The van der Waals surface area contributed by atoms with Crippen molar-refractivity contribution in [1.29, 1.82) is 0 Å². The van der Waals surface area contributed by atoms with E-state index in [0.717, 1.165) is 24.8 Å². The summed E-state index contributed by atoms with van der Waals surface area (Å²) < 4.78 is 5.54. The number of nitrogens with one attached hydrogen (secondary N) is 1. The molecule has 1 aromatic heterocycles. The molecular weight excluding hydrogens is 214 g/mol. The van der Waals surface area contributed by atoms with E-state index in [1.54, 1.807) is 0 Å². The second-order valence-electron chi connectivity index (χ2n) is 5.72. The summed E-state index contributed by atoms with van der Waals surface area (Å²) in [7, 11) is 0. The Morgan fingerprint density at radius 1 is 1.29 bits per heavy atom. The van der Waals surface area contributed by atoms with E-state index in [0.29, 0.717) is 5.88 Å². The molecule has 1 saturated carbocycles. The van der Waals surface area contributed by atoms with Gasteiger partial charge in [0, 0.05) is 18.2 Å². The fraction of sp³-hybridized carbons (Fsp3) is 0.692. The van der Waals surface area contributed by atoms with Crippen LogP contribution in [0.1, 0.15) is 39.3 Å². The average Bonchev–Trinajstić information content (AvgIpc) is 3.08. The van der Waals surface area contributed by atoms with Crippen LogP contribution in [0.4, 0.5) is 0 Å². The van der Waals surface area contributed by atoms with E-state index in [-0.39, 0.29) is 5.54 Å². The zero-order valence-electron chi connectivity index (χ0n) is 10.9. The molecule has 1 aromatic rings. The molecule has 94 valence electrons. The Labute approximate surface area is 103 Å². The molecule has 0 aromatic carbocycles. The number of nitrogens with zero attached hydrogens (tertiary/aromatic N) is 2. The van der Waals surface area contributed by atoms with Crippen molar-refractivity contribution < 1.29 is 4.74 Å². The largest absolute Gasteiger partial charge is 0.476 e. The molecule has 0 saturated heterocycles. The van der Waals surface area contributed by atoms with Gasteiger partial charge in [-0.15, -0.1) is 5.10 Å². The summed E-state index contributed by atoms with van der Waals surface area (Å²) in [6.45, 7) is 7.92. The predicted octanol–water partition coefficient (Wildman–Crippen LogP) is 2.15. The molecule has 4 heteroatoms. The van der Waals surface area contributed by atoms with Crippen LogP contribution in [0.25, 0.3) is 0 Å². The van der Waals surface area contributed by atoms with Gasteiger partial charge in [-0.05, 0) is 45.6 Å². The first-order valence-corrected chi connectivity index (χ1v) is 6.23. The quantitative estimate of drug-likeness (QED) is 0.849. The highest BCUT2D eigenvalue weighted by Gasteiger charge is 2.22. The molecular formula is C13H21N3O. The number of ether oxygens (including phenoxy) is 1. The number of aromatic nitrogens is 2. The van der Waals surface area contributed by atoms with Gasteiger partial charge in [0.15, 0.2) is 0 Å². The van der Waals surface area contributed by atoms with Crippen LogP contribution >= 0.6 is 0 Å². The fourth-order valence-electron chi connectivity index (χ4n) is 1.36. The summed E-state index contributed by atoms with van der Waals surface area (Å²) in [4.78, 5) is 0. The minimum absolute atomic E-state index is 0.100. The van der Waals surface area contributed by atoms with Gasteiger partial charge in [-0.25, -0.2) is 0 Å². The summed E-state index contributed by atoms with van der Waals surface area (Å²) in [6.07, 6.45) is 2.59. The molecule has 17 heavy (non-hydrogen) atoms. The van der Waals surface area contributed by atoms with Crippen molar-refractivity contribution in [2.75, 3.05) is 6.61 Å². The molecule has 1 aliphatic rings. The summed E-state index contributed by atoms with van der Waals surface area (Å²) in [5.41, 5.74) is 1.04. The van der Waals surface area contributed by atoms with Crippen LogP contribution in [0.15, 0.2) is 12.1 Å². The second-order valence-corrected chi connectivity index (χ2v) is 5.72. The molecule has 1 heterocycles. The van der Waals surface area contributed by atoms with Gasteiger partial charge in [0.1, 0.15) is 0 Å². The Balaban J connectivity index is 1.79. The number of hydrogen-bond acceptors (Lipinski definition) is 4. The SMILES string of the molecule is CC(C)(C)NCc1ccc(OCC2CC2)nn1. The first kappa shape index (κ1) is 12.3. The van der Waals surface area contributed by atoms with E-state index in [2.05, 4.69) is 36.3 Å². The highest BCUT2D eigenvalue weighted by Crippen LogP contribution is 2.29. The van der Waals surface area contributed by atoms with Crippen LogP contribution in [0.3, 0.4) is 0 Å². The number of hydrogen-bond donors (Lipinski definition) is 1. The van der Waals surface area contributed by atoms with Crippen LogP contribution in [-0.2, 0) is 6.54 Å². The Bertz CT molecular complexity index is 352. The fourth-order valence-corrected chi connectivity index (χ4v) is 1.36. The molecule has 1 N–H and O–H groups in total. The van der Waals surface area contributed by atoms with Crippen molar-refractivity contribution in [2.24, 2.45) is 5.92 Å². The molecule has 1 fully saturated rings. The molecule has 0 amide bonds. The Morgan fingerprint density at radius 2 is 2.06 bits per heavy atom. The first-order chi connectivity index (χ1) is 8.03. The van der Waals surface area contributed by atoms with Crippen molar-refractivity contribution >= 4 is 0 Å². The van der Waals surface area contributed by atoms with Gasteiger partial charge in [0.05, 0.1) is 12.3 Å². The lowest BCUT2D eigenvalue weighted by molar-refractivity contribution is 0.284. The van der Waals surface area contributed by atoms with Crippen LogP contribution in [0.2, 0.25) is 0 Å². The standard InChI is InChI=1S/C13H21N3O/c1-13(2,3)14-8-11-6-7-12(16-15-11)17-9-10-4-5-10/h6-7,10,14H,4-5,8-9H2,1-3H3. The van der Waals surface area contributed by atoms with E-state index in [1.165, 1.54) is 12.8 Å². The minimum Gasteiger partial charge on any atom is -0.476 e. The maximum atomic E-state index is 5.54. The van der Waals surface area contributed by atoms with Gasteiger partial charge in [0.25, 0.3) is 0 Å². The summed E-state index contributed by atoms with van der Waals surface area (Å²) in [6, 6.07) is 3.86. The molecule has 1 aliphatic carbocycles. The van der Waals surface area contributed by atoms with Crippen LogP contribution in [0.5, 0.6) is 5.88 Å².